The van der Waals surface area contributed by atoms with Crippen molar-refractivity contribution in [3.63, 3.8) is 0 Å². The summed E-state index contributed by atoms with van der Waals surface area (Å²) in [6.45, 7) is 2.32. The number of hydrogen-bond acceptors (Lipinski definition) is 5. The van der Waals surface area contributed by atoms with E-state index in [-0.39, 0.29) is 0 Å². The molecule has 0 saturated heterocycles. The Hall–Kier alpha value is -3.79. The SMILES string of the molecule is CCOc1cc(-c2ncc[nH]2)cc(C(Nc2ccc(C#N)cc2)C(=O)O)c1. The summed E-state index contributed by atoms with van der Waals surface area (Å²) < 4.78 is 5.60. The third kappa shape index (κ3) is 4.25. The Bertz CT molecular complexity index is 960. The highest BCUT2D eigenvalue weighted by Gasteiger charge is 2.22. The van der Waals surface area contributed by atoms with Gasteiger partial charge in [-0.1, -0.05) is 0 Å². The fourth-order valence-corrected chi connectivity index (χ4v) is 2.69. The molecule has 0 radical (unpaired) electrons. The van der Waals surface area contributed by atoms with Crippen LogP contribution in [-0.4, -0.2) is 27.7 Å². The second-order valence-electron chi connectivity index (χ2n) is 5.77. The number of H-pyrrole nitrogens is 1. The molecule has 2 aromatic carbocycles. The summed E-state index contributed by atoms with van der Waals surface area (Å²) in [5.74, 6) is 0.160. The molecule has 0 bridgehead atoms. The van der Waals surface area contributed by atoms with E-state index < -0.39 is 12.0 Å². The quantitative estimate of drug-likeness (QED) is 0.592. The number of aliphatic carboxylic acids is 1. The number of nitrogens with one attached hydrogen (secondary N) is 2. The predicted octanol–water partition coefficient (Wildman–Crippen LogP) is 3.58. The van der Waals surface area contributed by atoms with Crippen LogP contribution in [0.4, 0.5) is 5.69 Å². The number of aromatic amines is 1. The normalized spacial score (nSPS) is 11.4. The number of rotatable bonds is 7. The molecule has 0 aliphatic heterocycles. The number of nitriles is 1. The lowest BCUT2D eigenvalue weighted by atomic mass is 10.0. The molecular weight excluding hydrogens is 344 g/mol. The Balaban J connectivity index is 1.98. The van der Waals surface area contributed by atoms with Crippen LogP contribution in [0, 0.1) is 11.3 Å². The fraction of sp³-hybridized carbons (Fsp3) is 0.150. The summed E-state index contributed by atoms with van der Waals surface area (Å²) in [6.07, 6.45) is 3.33. The minimum atomic E-state index is -1.03. The number of hydrogen-bond donors (Lipinski definition) is 3. The first kappa shape index (κ1) is 18.0. The molecule has 27 heavy (non-hydrogen) atoms. The molecule has 7 heteroatoms. The Morgan fingerprint density at radius 2 is 2.11 bits per heavy atom. The van der Waals surface area contributed by atoms with Crippen molar-refractivity contribution in [2.24, 2.45) is 0 Å². The van der Waals surface area contributed by atoms with Gasteiger partial charge in [-0.3, -0.25) is 0 Å². The van der Waals surface area contributed by atoms with Crippen LogP contribution in [0.25, 0.3) is 11.4 Å². The topological polar surface area (TPSA) is 111 Å². The summed E-state index contributed by atoms with van der Waals surface area (Å²) >= 11 is 0. The second-order valence-corrected chi connectivity index (χ2v) is 5.77. The van der Waals surface area contributed by atoms with Crippen molar-refractivity contribution in [3.8, 4) is 23.2 Å². The van der Waals surface area contributed by atoms with Crippen LogP contribution in [-0.2, 0) is 4.79 Å². The van der Waals surface area contributed by atoms with E-state index >= 15 is 0 Å². The average molecular weight is 362 g/mol. The lowest BCUT2D eigenvalue weighted by Gasteiger charge is -2.18. The molecule has 3 N–H and O–H groups in total. The average Bonchev–Trinajstić information content (AvgIpc) is 3.21. The maximum atomic E-state index is 11.9. The molecular formula is C20H18N4O3. The predicted molar refractivity (Wildman–Crippen MR) is 100 cm³/mol. The third-order valence-corrected chi connectivity index (χ3v) is 3.92. The van der Waals surface area contributed by atoms with Crippen LogP contribution in [0.5, 0.6) is 5.75 Å². The number of imidazole rings is 1. The van der Waals surface area contributed by atoms with Crippen molar-refractivity contribution < 1.29 is 14.6 Å². The minimum absolute atomic E-state index is 0.460. The Morgan fingerprint density at radius 3 is 2.70 bits per heavy atom. The van der Waals surface area contributed by atoms with Gasteiger partial charge in [0, 0.05) is 23.6 Å². The van der Waals surface area contributed by atoms with Gasteiger partial charge in [-0.15, -0.1) is 0 Å². The molecule has 1 atom stereocenters. The standard InChI is InChI=1S/C20H18N4O3/c1-2-27-17-10-14(9-15(11-17)19-22-7-8-23-19)18(20(25)26)24-16-5-3-13(12-21)4-6-16/h3-11,18,24H,2H2,1H3,(H,22,23)(H,25,26). The molecule has 0 saturated carbocycles. The van der Waals surface area contributed by atoms with E-state index in [1.165, 1.54) is 0 Å². The van der Waals surface area contributed by atoms with E-state index in [1.807, 2.05) is 19.1 Å². The van der Waals surface area contributed by atoms with Crippen LogP contribution in [0.2, 0.25) is 0 Å². The van der Waals surface area contributed by atoms with Gasteiger partial charge in [-0.2, -0.15) is 5.26 Å². The Morgan fingerprint density at radius 1 is 1.33 bits per heavy atom. The van der Waals surface area contributed by atoms with E-state index in [2.05, 4.69) is 15.3 Å². The minimum Gasteiger partial charge on any atom is -0.494 e. The molecule has 0 aliphatic carbocycles. The second kappa shape index (κ2) is 8.06. The van der Waals surface area contributed by atoms with E-state index in [0.717, 1.165) is 5.56 Å². The van der Waals surface area contributed by atoms with Gasteiger partial charge in [0.05, 0.1) is 18.2 Å². The molecule has 1 heterocycles. The summed E-state index contributed by atoms with van der Waals surface area (Å²) in [5, 5.41) is 21.6. The lowest BCUT2D eigenvalue weighted by Crippen LogP contribution is -2.20. The van der Waals surface area contributed by atoms with E-state index in [9.17, 15) is 9.90 Å². The first-order valence-corrected chi connectivity index (χ1v) is 8.37. The number of anilines is 1. The van der Waals surface area contributed by atoms with Gasteiger partial charge >= 0.3 is 5.97 Å². The molecule has 1 aromatic heterocycles. The van der Waals surface area contributed by atoms with Crippen LogP contribution in [0.1, 0.15) is 24.1 Å². The largest absolute Gasteiger partial charge is 0.494 e. The number of benzene rings is 2. The number of carbonyl (C=O) groups is 1. The first-order chi connectivity index (χ1) is 13.1. The van der Waals surface area contributed by atoms with Crippen molar-refractivity contribution in [1.29, 1.82) is 5.26 Å². The zero-order valence-electron chi connectivity index (χ0n) is 14.6. The van der Waals surface area contributed by atoms with Gasteiger partial charge in [-0.25, -0.2) is 9.78 Å². The van der Waals surface area contributed by atoms with E-state index in [1.54, 1.807) is 48.8 Å². The number of carboxylic acids is 1. The van der Waals surface area contributed by atoms with Crippen LogP contribution >= 0.6 is 0 Å². The smallest absolute Gasteiger partial charge is 0.330 e. The first-order valence-electron chi connectivity index (χ1n) is 8.37. The number of nitrogens with zero attached hydrogens (tertiary/aromatic N) is 2. The summed E-state index contributed by atoms with van der Waals surface area (Å²) in [7, 11) is 0. The van der Waals surface area contributed by atoms with E-state index in [0.29, 0.717) is 35.0 Å². The van der Waals surface area contributed by atoms with Crippen LogP contribution in [0.15, 0.2) is 54.9 Å². The molecule has 0 amide bonds. The van der Waals surface area contributed by atoms with Gasteiger partial charge in [-0.05, 0) is 55.0 Å². The van der Waals surface area contributed by atoms with Crippen molar-refractivity contribution >= 4 is 11.7 Å². The molecule has 0 spiro atoms. The lowest BCUT2D eigenvalue weighted by molar-refractivity contribution is -0.138. The maximum absolute atomic E-state index is 11.9. The number of carboxylic acid groups (broad SMARTS) is 1. The molecule has 7 nitrogen and oxygen atoms in total. The van der Waals surface area contributed by atoms with Gasteiger partial charge in [0.1, 0.15) is 11.6 Å². The number of aromatic nitrogens is 2. The highest BCUT2D eigenvalue weighted by molar-refractivity contribution is 5.80. The van der Waals surface area contributed by atoms with E-state index in [4.69, 9.17) is 10.00 Å². The van der Waals surface area contributed by atoms with Crippen molar-refractivity contribution in [2.45, 2.75) is 13.0 Å². The van der Waals surface area contributed by atoms with Crippen LogP contribution < -0.4 is 10.1 Å². The molecule has 1 unspecified atom stereocenters. The van der Waals surface area contributed by atoms with Crippen molar-refractivity contribution in [1.82, 2.24) is 9.97 Å². The molecule has 3 rings (SSSR count). The van der Waals surface area contributed by atoms with Gasteiger partial charge < -0.3 is 20.1 Å². The Labute approximate surface area is 156 Å². The van der Waals surface area contributed by atoms with Gasteiger partial charge in [0.25, 0.3) is 0 Å². The van der Waals surface area contributed by atoms with Crippen LogP contribution in [0.3, 0.4) is 0 Å². The third-order valence-electron chi connectivity index (χ3n) is 3.92. The highest BCUT2D eigenvalue weighted by Crippen LogP contribution is 2.29. The van der Waals surface area contributed by atoms with Crippen molar-refractivity contribution in [2.75, 3.05) is 11.9 Å². The monoisotopic (exact) mass is 362 g/mol. The summed E-state index contributed by atoms with van der Waals surface area (Å²) in [4.78, 5) is 19.2. The fourth-order valence-electron chi connectivity index (χ4n) is 2.69. The molecule has 136 valence electrons. The summed E-state index contributed by atoms with van der Waals surface area (Å²) in [5.41, 5.74) is 2.37. The summed E-state index contributed by atoms with van der Waals surface area (Å²) in [6, 6.07) is 12.9. The maximum Gasteiger partial charge on any atom is 0.330 e. The van der Waals surface area contributed by atoms with Gasteiger partial charge in [0.15, 0.2) is 6.04 Å². The zero-order valence-corrected chi connectivity index (χ0v) is 14.6. The highest BCUT2D eigenvalue weighted by atomic mass is 16.5. The van der Waals surface area contributed by atoms with Crippen molar-refractivity contribution in [3.05, 3.63) is 66.0 Å². The molecule has 3 aromatic rings. The molecule has 0 fully saturated rings. The van der Waals surface area contributed by atoms with Gasteiger partial charge in [0.2, 0.25) is 0 Å². The zero-order chi connectivity index (χ0) is 19.2. The number of ether oxygens (including phenoxy) is 1. The Kier molecular flexibility index (Phi) is 5.38. The molecule has 0 aliphatic rings.